The van der Waals surface area contributed by atoms with Crippen LogP contribution in [0.25, 0.3) is 0 Å². The third-order valence-corrected chi connectivity index (χ3v) is 5.99. The van der Waals surface area contributed by atoms with Crippen molar-refractivity contribution in [3.8, 4) is 5.75 Å². The number of amides is 1. The minimum atomic E-state index is -3.46. The van der Waals surface area contributed by atoms with Gasteiger partial charge in [-0.25, -0.2) is 8.42 Å². The quantitative estimate of drug-likeness (QED) is 0.660. The zero-order valence-corrected chi connectivity index (χ0v) is 16.7. The summed E-state index contributed by atoms with van der Waals surface area (Å²) in [5.41, 5.74) is 0.974. The Labute approximate surface area is 156 Å². The Bertz CT molecular complexity index is 700. The molecule has 0 unspecified atom stereocenters. The smallest absolute Gasteiger partial charge is 0.237 e. The summed E-state index contributed by atoms with van der Waals surface area (Å²) >= 11 is 0. The molecule has 0 spiro atoms. The standard InChI is InChI=1S/C18H29N3O4S/c1-4-19-10-12-20(13-11-19)18(22)15-21(26(3,23)24)9-8-16-6-5-7-17(14-16)25-2/h5-7,14H,4,8-13,15H2,1-3H3. The number of benzene rings is 1. The summed E-state index contributed by atoms with van der Waals surface area (Å²) in [6.07, 6.45) is 1.68. The average Bonchev–Trinajstić information content (AvgIpc) is 2.64. The molecule has 1 aromatic rings. The molecule has 0 bridgehead atoms. The van der Waals surface area contributed by atoms with E-state index in [2.05, 4.69) is 11.8 Å². The second kappa shape index (κ2) is 9.34. The molecule has 7 nitrogen and oxygen atoms in total. The van der Waals surface area contributed by atoms with Crippen LogP contribution in [-0.4, -0.2) is 87.6 Å². The molecule has 2 rings (SSSR count). The Morgan fingerprint density at radius 2 is 1.92 bits per heavy atom. The highest BCUT2D eigenvalue weighted by molar-refractivity contribution is 7.88. The van der Waals surface area contributed by atoms with Gasteiger partial charge < -0.3 is 14.5 Å². The summed E-state index contributed by atoms with van der Waals surface area (Å²) in [4.78, 5) is 16.6. The third-order valence-electron chi connectivity index (χ3n) is 4.74. The largest absolute Gasteiger partial charge is 0.497 e. The van der Waals surface area contributed by atoms with E-state index < -0.39 is 10.0 Å². The predicted octanol–water partition coefficient (Wildman–Crippen LogP) is 0.663. The summed E-state index contributed by atoms with van der Waals surface area (Å²) in [6.45, 7) is 6.22. The van der Waals surface area contributed by atoms with Gasteiger partial charge in [0.25, 0.3) is 0 Å². The van der Waals surface area contributed by atoms with Gasteiger partial charge in [0.1, 0.15) is 5.75 Å². The van der Waals surface area contributed by atoms with E-state index in [0.717, 1.165) is 37.2 Å². The first-order chi connectivity index (χ1) is 12.3. The predicted molar refractivity (Wildman–Crippen MR) is 102 cm³/mol. The Balaban J connectivity index is 1.96. The van der Waals surface area contributed by atoms with Gasteiger partial charge in [0, 0.05) is 32.7 Å². The molecule has 146 valence electrons. The Kier molecular flexibility index (Phi) is 7.43. The van der Waals surface area contributed by atoms with E-state index in [1.165, 1.54) is 4.31 Å². The average molecular weight is 384 g/mol. The van der Waals surface area contributed by atoms with E-state index in [1.807, 2.05) is 24.3 Å². The number of carbonyl (C=O) groups excluding carboxylic acids is 1. The molecular formula is C18H29N3O4S. The van der Waals surface area contributed by atoms with Crippen LogP contribution in [0.4, 0.5) is 0 Å². The molecule has 1 fully saturated rings. The molecule has 1 aromatic carbocycles. The lowest BCUT2D eigenvalue weighted by Gasteiger charge is -2.35. The van der Waals surface area contributed by atoms with E-state index in [9.17, 15) is 13.2 Å². The van der Waals surface area contributed by atoms with Crippen molar-refractivity contribution in [1.29, 1.82) is 0 Å². The van der Waals surface area contributed by atoms with Crippen LogP contribution in [0.3, 0.4) is 0 Å². The van der Waals surface area contributed by atoms with Crippen molar-refractivity contribution in [3.63, 3.8) is 0 Å². The number of methoxy groups -OCH3 is 1. The molecule has 1 aliphatic heterocycles. The van der Waals surface area contributed by atoms with Crippen molar-refractivity contribution in [1.82, 2.24) is 14.1 Å². The highest BCUT2D eigenvalue weighted by Gasteiger charge is 2.25. The van der Waals surface area contributed by atoms with Gasteiger partial charge >= 0.3 is 0 Å². The Morgan fingerprint density at radius 3 is 2.50 bits per heavy atom. The van der Waals surface area contributed by atoms with Gasteiger partial charge in [-0.3, -0.25) is 4.79 Å². The van der Waals surface area contributed by atoms with Crippen LogP contribution in [-0.2, 0) is 21.2 Å². The molecule has 8 heteroatoms. The lowest BCUT2D eigenvalue weighted by Crippen LogP contribution is -2.51. The maximum atomic E-state index is 12.5. The number of sulfonamides is 1. The van der Waals surface area contributed by atoms with E-state index >= 15 is 0 Å². The van der Waals surface area contributed by atoms with Crippen molar-refractivity contribution in [2.24, 2.45) is 0 Å². The number of nitrogens with zero attached hydrogens (tertiary/aromatic N) is 3. The van der Waals surface area contributed by atoms with Gasteiger partial charge in [-0.1, -0.05) is 19.1 Å². The molecule has 0 N–H and O–H groups in total. The highest BCUT2D eigenvalue weighted by atomic mass is 32.2. The summed E-state index contributed by atoms with van der Waals surface area (Å²) in [6, 6.07) is 7.52. The fourth-order valence-corrected chi connectivity index (χ4v) is 3.78. The minimum absolute atomic E-state index is 0.102. The summed E-state index contributed by atoms with van der Waals surface area (Å²) in [5, 5.41) is 0. The first kappa shape index (κ1) is 20.7. The molecule has 26 heavy (non-hydrogen) atoms. The fraction of sp³-hybridized carbons (Fsp3) is 0.611. The van der Waals surface area contributed by atoms with Gasteiger partial charge in [0.2, 0.25) is 15.9 Å². The van der Waals surface area contributed by atoms with Gasteiger partial charge in [-0.05, 0) is 30.7 Å². The van der Waals surface area contributed by atoms with E-state index in [1.54, 1.807) is 12.0 Å². The molecule has 0 atom stereocenters. The topological polar surface area (TPSA) is 70.2 Å². The van der Waals surface area contributed by atoms with Gasteiger partial charge in [-0.2, -0.15) is 4.31 Å². The molecular weight excluding hydrogens is 354 g/mol. The van der Waals surface area contributed by atoms with Gasteiger partial charge in [-0.15, -0.1) is 0 Å². The summed E-state index contributed by atoms with van der Waals surface area (Å²) < 4.78 is 30.7. The SMILES string of the molecule is CCN1CCN(C(=O)CN(CCc2cccc(OC)c2)S(C)(=O)=O)CC1. The number of ether oxygens (including phenoxy) is 1. The molecule has 0 aromatic heterocycles. The molecule has 1 saturated heterocycles. The Morgan fingerprint density at radius 1 is 1.23 bits per heavy atom. The second-order valence-corrected chi connectivity index (χ2v) is 8.50. The summed E-state index contributed by atoms with van der Waals surface area (Å²) in [7, 11) is -1.86. The van der Waals surface area contributed by atoms with Gasteiger partial charge in [0.15, 0.2) is 0 Å². The molecule has 1 aliphatic rings. The molecule has 1 amide bonds. The van der Waals surface area contributed by atoms with E-state index in [0.29, 0.717) is 19.5 Å². The van der Waals surface area contributed by atoms with Crippen LogP contribution in [0.2, 0.25) is 0 Å². The van der Waals surface area contributed by atoms with Crippen LogP contribution >= 0.6 is 0 Å². The third kappa shape index (κ3) is 5.96. The Hall–Kier alpha value is -1.64. The summed E-state index contributed by atoms with van der Waals surface area (Å²) in [5.74, 6) is 0.607. The maximum Gasteiger partial charge on any atom is 0.237 e. The number of rotatable bonds is 8. The van der Waals surface area contributed by atoms with Crippen LogP contribution in [0.5, 0.6) is 5.75 Å². The van der Waals surface area contributed by atoms with Crippen LogP contribution < -0.4 is 4.74 Å². The zero-order chi connectivity index (χ0) is 19.2. The first-order valence-electron chi connectivity index (χ1n) is 8.91. The van der Waals surface area contributed by atoms with Gasteiger partial charge in [0.05, 0.1) is 19.9 Å². The van der Waals surface area contributed by atoms with Crippen LogP contribution in [0, 0.1) is 0 Å². The lowest BCUT2D eigenvalue weighted by molar-refractivity contribution is -0.133. The number of hydrogen-bond acceptors (Lipinski definition) is 5. The van der Waals surface area contributed by atoms with E-state index in [4.69, 9.17) is 4.74 Å². The second-order valence-electron chi connectivity index (χ2n) is 6.51. The minimum Gasteiger partial charge on any atom is -0.497 e. The highest BCUT2D eigenvalue weighted by Crippen LogP contribution is 2.14. The van der Waals surface area contributed by atoms with Crippen molar-refractivity contribution in [3.05, 3.63) is 29.8 Å². The van der Waals surface area contributed by atoms with Crippen molar-refractivity contribution in [2.75, 3.05) is 59.2 Å². The number of piperazine rings is 1. The molecule has 0 aliphatic carbocycles. The molecule has 1 heterocycles. The maximum absolute atomic E-state index is 12.5. The number of likely N-dealkylation sites (N-methyl/N-ethyl adjacent to an activating group) is 1. The first-order valence-corrected chi connectivity index (χ1v) is 10.8. The monoisotopic (exact) mass is 383 g/mol. The molecule has 0 saturated carbocycles. The number of carbonyl (C=O) groups is 1. The lowest BCUT2D eigenvalue weighted by atomic mass is 10.1. The van der Waals surface area contributed by atoms with Crippen molar-refractivity contribution < 1.29 is 17.9 Å². The van der Waals surface area contributed by atoms with Crippen LogP contribution in [0.1, 0.15) is 12.5 Å². The van der Waals surface area contributed by atoms with Crippen molar-refractivity contribution >= 4 is 15.9 Å². The van der Waals surface area contributed by atoms with Crippen LogP contribution in [0.15, 0.2) is 24.3 Å². The zero-order valence-electron chi connectivity index (χ0n) is 15.8. The van der Waals surface area contributed by atoms with Crippen molar-refractivity contribution in [2.45, 2.75) is 13.3 Å². The normalized spacial score (nSPS) is 16.1. The fourth-order valence-electron chi connectivity index (χ4n) is 3.01. The molecule has 0 radical (unpaired) electrons. The number of hydrogen-bond donors (Lipinski definition) is 0. The van der Waals surface area contributed by atoms with E-state index in [-0.39, 0.29) is 19.0 Å².